The van der Waals surface area contributed by atoms with Gasteiger partial charge in [-0.15, -0.1) is 22.7 Å². The van der Waals surface area contributed by atoms with Gasteiger partial charge in [-0.2, -0.15) is 0 Å². The van der Waals surface area contributed by atoms with E-state index in [1.807, 2.05) is 72.9 Å². The fourth-order valence-electron chi connectivity index (χ4n) is 7.03. The minimum Gasteiger partial charge on any atom is -0.236 e. The summed E-state index contributed by atoms with van der Waals surface area (Å²) in [6, 6.07) is 60.3. The fraction of sp³-hybridized carbons (Fsp3) is 0. The summed E-state index contributed by atoms with van der Waals surface area (Å²) < 4.78 is 3.42. The molecule has 0 N–H and O–H groups in total. The summed E-state index contributed by atoms with van der Waals surface area (Å²) in [5.41, 5.74) is 7.99. The number of aliphatic imine (C=N–C) groups is 2. The molecule has 5 nitrogen and oxygen atoms in total. The number of aromatic nitrogens is 3. The third kappa shape index (κ3) is 6.49. The second-order valence-corrected chi connectivity index (χ2v) is 15.3. The first-order valence-corrected chi connectivity index (χ1v) is 20.0. The minimum absolute atomic E-state index is 0.628. The van der Waals surface area contributed by atoms with Crippen LogP contribution in [0.4, 0.5) is 5.69 Å². The molecule has 0 aliphatic rings. The maximum absolute atomic E-state index is 5.31. The lowest BCUT2D eigenvalue weighted by Gasteiger charge is -2.09. The van der Waals surface area contributed by atoms with E-state index in [0.29, 0.717) is 23.3 Å². The van der Waals surface area contributed by atoms with Crippen molar-refractivity contribution in [1.29, 1.82) is 0 Å². The number of amidine groups is 1. The van der Waals surface area contributed by atoms with E-state index < -0.39 is 0 Å². The van der Waals surface area contributed by atoms with Gasteiger partial charge in [0.1, 0.15) is 0 Å². The first-order valence-electron chi connectivity index (χ1n) is 18.3. The van der Waals surface area contributed by atoms with Gasteiger partial charge in [-0.25, -0.2) is 24.9 Å². The SMILES string of the molecule is C(=N\C(=N/c1csc2ccccc12)c1cccc2c1sc1cccc(-c3nc(-c4ccccc4)nc(-c4ccccc4)n3)c12)/c1cccc(-c2ccccc2)c1. The van der Waals surface area contributed by atoms with Crippen LogP contribution in [0.2, 0.25) is 0 Å². The lowest BCUT2D eigenvalue weighted by atomic mass is 10.0. The third-order valence-electron chi connectivity index (χ3n) is 9.72. The first-order chi connectivity index (χ1) is 27.7. The summed E-state index contributed by atoms with van der Waals surface area (Å²) in [6.45, 7) is 0. The number of rotatable bonds is 7. The van der Waals surface area contributed by atoms with Crippen molar-refractivity contribution in [1.82, 2.24) is 15.0 Å². The Labute approximate surface area is 331 Å². The molecule has 0 saturated heterocycles. The number of hydrogen-bond acceptors (Lipinski definition) is 6. The predicted octanol–water partition coefficient (Wildman–Crippen LogP) is 13.3. The van der Waals surface area contributed by atoms with Crippen molar-refractivity contribution in [3.8, 4) is 45.3 Å². The smallest absolute Gasteiger partial charge is 0.164 e. The molecule has 0 unspecified atom stereocenters. The predicted molar refractivity (Wildman–Crippen MR) is 237 cm³/mol. The van der Waals surface area contributed by atoms with Gasteiger partial charge in [0.05, 0.1) is 5.69 Å². The molecule has 0 aliphatic heterocycles. The number of hydrogen-bond donors (Lipinski definition) is 0. The molecule has 0 atom stereocenters. The molecule has 7 aromatic carbocycles. The number of thiophene rings is 2. The van der Waals surface area contributed by atoms with E-state index in [4.69, 9.17) is 24.9 Å². The van der Waals surface area contributed by atoms with Crippen LogP contribution >= 0.6 is 22.7 Å². The Morgan fingerprint density at radius 3 is 1.84 bits per heavy atom. The van der Waals surface area contributed by atoms with Gasteiger partial charge in [-0.1, -0.05) is 152 Å². The summed E-state index contributed by atoms with van der Waals surface area (Å²) in [7, 11) is 0. The Kier molecular flexibility index (Phi) is 8.84. The second kappa shape index (κ2) is 14.7. The van der Waals surface area contributed by atoms with Crippen LogP contribution in [0.5, 0.6) is 0 Å². The number of benzene rings is 7. The Balaban J connectivity index is 1.15. The topological polar surface area (TPSA) is 63.4 Å². The highest BCUT2D eigenvalue weighted by atomic mass is 32.1. The van der Waals surface area contributed by atoms with E-state index in [1.165, 1.54) is 4.70 Å². The molecule has 264 valence electrons. The van der Waals surface area contributed by atoms with Crippen molar-refractivity contribution in [2.45, 2.75) is 0 Å². The molecule has 3 heterocycles. The van der Waals surface area contributed by atoms with Crippen LogP contribution in [-0.4, -0.2) is 27.0 Å². The van der Waals surface area contributed by atoms with Gasteiger partial charge in [0.15, 0.2) is 23.3 Å². The highest BCUT2D eigenvalue weighted by Gasteiger charge is 2.19. The van der Waals surface area contributed by atoms with Crippen molar-refractivity contribution in [3.05, 3.63) is 192 Å². The van der Waals surface area contributed by atoms with E-state index in [1.54, 1.807) is 22.7 Å². The summed E-state index contributed by atoms with van der Waals surface area (Å²) >= 11 is 3.44. The number of fused-ring (bicyclic) bond motifs is 4. The van der Waals surface area contributed by atoms with Gasteiger partial charge in [-0.3, -0.25) is 0 Å². The highest BCUT2D eigenvalue weighted by molar-refractivity contribution is 7.26. The minimum atomic E-state index is 0.628. The molecular weight excluding hydrogens is 723 g/mol. The van der Waals surface area contributed by atoms with Gasteiger partial charge in [0.25, 0.3) is 0 Å². The van der Waals surface area contributed by atoms with Crippen LogP contribution in [0.25, 0.3) is 75.5 Å². The average Bonchev–Trinajstić information content (AvgIpc) is 3.87. The van der Waals surface area contributed by atoms with Crippen molar-refractivity contribution >= 4 is 70.7 Å². The maximum atomic E-state index is 5.31. The average molecular weight is 754 g/mol. The molecule has 3 aromatic heterocycles. The normalized spacial score (nSPS) is 12.0. The zero-order valence-electron chi connectivity index (χ0n) is 30.0. The fourth-order valence-corrected chi connectivity index (χ4v) is 9.14. The van der Waals surface area contributed by atoms with Crippen LogP contribution in [-0.2, 0) is 0 Å². The molecule has 10 rings (SSSR count). The molecule has 0 saturated carbocycles. The molecule has 56 heavy (non-hydrogen) atoms. The van der Waals surface area contributed by atoms with E-state index in [0.717, 1.165) is 70.2 Å². The summed E-state index contributed by atoms with van der Waals surface area (Å²) in [5.74, 6) is 2.54. The highest BCUT2D eigenvalue weighted by Crippen LogP contribution is 2.42. The van der Waals surface area contributed by atoms with Gasteiger partial charge < -0.3 is 0 Å². The molecule has 0 bridgehead atoms. The molecular formula is C49H31N5S2. The Hall–Kier alpha value is -6.93. The van der Waals surface area contributed by atoms with Crippen LogP contribution in [0.3, 0.4) is 0 Å². The Bertz CT molecular complexity index is 3020. The zero-order valence-corrected chi connectivity index (χ0v) is 31.6. The largest absolute Gasteiger partial charge is 0.236 e. The zero-order chi connectivity index (χ0) is 37.3. The van der Waals surface area contributed by atoms with Crippen LogP contribution in [0.1, 0.15) is 11.1 Å². The summed E-state index contributed by atoms with van der Waals surface area (Å²) in [6.07, 6.45) is 1.93. The van der Waals surface area contributed by atoms with Crippen LogP contribution < -0.4 is 0 Å². The quantitative estimate of drug-likeness (QED) is 0.120. The molecule has 10 aromatic rings. The standard InChI is InChI=1S/C49H31N5S2/c1-4-16-33(17-5-1)36-22-12-15-32(29-36)30-50-48(51-41-31-55-42-27-11-10-23-37(41)42)40-26-13-24-38-44-39(25-14-28-43(44)56-45(38)40)49-53-46(34-18-6-2-7-19-34)52-47(54-49)35-20-8-3-9-21-35/h1-31H/b50-30+,51-48-. The summed E-state index contributed by atoms with van der Waals surface area (Å²) in [5, 5.41) is 5.43. The molecule has 0 spiro atoms. The number of nitrogens with zero attached hydrogens (tertiary/aromatic N) is 5. The van der Waals surface area contributed by atoms with E-state index in [9.17, 15) is 0 Å². The van der Waals surface area contributed by atoms with E-state index >= 15 is 0 Å². The molecule has 0 amide bonds. The Morgan fingerprint density at radius 2 is 1.09 bits per heavy atom. The maximum Gasteiger partial charge on any atom is 0.164 e. The first kappa shape index (κ1) is 33.6. The third-order valence-corrected chi connectivity index (χ3v) is 11.9. The second-order valence-electron chi connectivity index (χ2n) is 13.3. The van der Waals surface area contributed by atoms with Crippen molar-refractivity contribution in [2.75, 3.05) is 0 Å². The molecule has 0 radical (unpaired) electrons. The van der Waals surface area contributed by atoms with Crippen molar-refractivity contribution < 1.29 is 0 Å². The van der Waals surface area contributed by atoms with Gasteiger partial charge in [0, 0.05) is 64.1 Å². The van der Waals surface area contributed by atoms with Crippen molar-refractivity contribution in [2.24, 2.45) is 9.98 Å². The van der Waals surface area contributed by atoms with Crippen LogP contribution in [0.15, 0.2) is 191 Å². The van der Waals surface area contributed by atoms with Crippen LogP contribution in [0, 0.1) is 0 Å². The molecule has 0 fully saturated rings. The van der Waals surface area contributed by atoms with Gasteiger partial charge in [-0.05, 0) is 41.0 Å². The lowest BCUT2D eigenvalue weighted by Crippen LogP contribution is -2.00. The van der Waals surface area contributed by atoms with Crippen molar-refractivity contribution in [3.63, 3.8) is 0 Å². The molecule has 0 aliphatic carbocycles. The van der Waals surface area contributed by atoms with E-state index in [2.05, 4.69) is 115 Å². The Morgan fingerprint density at radius 1 is 0.500 bits per heavy atom. The van der Waals surface area contributed by atoms with Gasteiger partial charge >= 0.3 is 0 Å². The van der Waals surface area contributed by atoms with Gasteiger partial charge in [0.2, 0.25) is 0 Å². The lowest BCUT2D eigenvalue weighted by molar-refractivity contribution is 1.08. The molecule has 7 heteroatoms. The monoisotopic (exact) mass is 753 g/mol. The summed E-state index contributed by atoms with van der Waals surface area (Å²) in [4.78, 5) is 25.6. The van der Waals surface area contributed by atoms with E-state index in [-0.39, 0.29) is 0 Å².